The van der Waals surface area contributed by atoms with E-state index in [0.29, 0.717) is 41.3 Å². The molecule has 30 heavy (non-hydrogen) atoms. The fourth-order valence-corrected chi connectivity index (χ4v) is 2.72. The number of halogens is 1. The summed E-state index contributed by atoms with van der Waals surface area (Å²) in [6, 6.07) is 7.16. The molecule has 0 aliphatic carbocycles. The highest BCUT2D eigenvalue weighted by Gasteiger charge is 2.10. The standard InChI is InChI=1S/C20H22ClN7O2/c1-4-18(29)23-14-6-5-7-15(10-14)24-19-16(21)11-22-20(26-19)25-17-12-28(8-9-30-3)27-13(17)2/h4-7,10-12H,1,8-9H2,2-3H3,(H,23,29)(H2,22,24,25,26). The molecule has 0 bridgehead atoms. The minimum absolute atomic E-state index is 0.292. The largest absolute Gasteiger partial charge is 0.383 e. The third kappa shape index (κ3) is 5.56. The average molecular weight is 428 g/mol. The highest BCUT2D eigenvalue weighted by molar-refractivity contribution is 6.32. The lowest BCUT2D eigenvalue weighted by molar-refractivity contribution is -0.111. The molecule has 0 spiro atoms. The Balaban J connectivity index is 1.76. The van der Waals surface area contributed by atoms with Gasteiger partial charge in [-0.15, -0.1) is 0 Å². The molecular weight excluding hydrogens is 406 g/mol. The zero-order valence-corrected chi connectivity index (χ0v) is 17.4. The number of ether oxygens (including phenoxy) is 1. The van der Waals surface area contributed by atoms with E-state index >= 15 is 0 Å². The van der Waals surface area contributed by atoms with Crippen LogP contribution in [-0.2, 0) is 16.1 Å². The molecule has 9 nitrogen and oxygen atoms in total. The fourth-order valence-electron chi connectivity index (χ4n) is 2.58. The lowest BCUT2D eigenvalue weighted by Gasteiger charge is -2.11. The number of methoxy groups -OCH3 is 1. The number of hydrogen-bond donors (Lipinski definition) is 3. The zero-order valence-electron chi connectivity index (χ0n) is 16.6. The van der Waals surface area contributed by atoms with Gasteiger partial charge in [-0.3, -0.25) is 9.48 Å². The molecule has 0 saturated carbocycles. The van der Waals surface area contributed by atoms with Gasteiger partial charge in [-0.05, 0) is 31.2 Å². The number of rotatable bonds is 9. The van der Waals surface area contributed by atoms with Crippen LogP contribution in [-0.4, -0.2) is 39.4 Å². The van der Waals surface area contributed by atoms with E-state index in [0.717, 1.165) is 11.4 Å². The van der Waals surface area contributed by atoms with Crippen molar-refractivity contribution in [2.24, 2.45) is 0 Å². The molecule has 156 valence electrons. The molecule has 3 aromatic rings. The maximum atomic E-state index is 11.5. The predicted octanol–water partition coefficient (Wildman–Crippen LogP) is 3.89. The Hall–Kier alpha value is -3.43. The number of carbonyl (C=O) groups excluding carboxylic acids is 1. The summed E-state index contributed by atoms with van der Waals surface area (Å²) in [5, 5.41) is 13.8. The first kappa shape index (κ1) is 21.3. The Labute approximate surface area is 179 Å². The van der Waals surface area contributed by atoms with Crippen LogP contribution in [0.2, 0.25) is 5.02 Å². The summed E-state index contributed by atoms with van der Waals surface area (Å²) in [6.07, 6.45) is 4.58. The summed E-state index contributed by atoms with van der Waals surface area (Å²) >= 11 is 6.26. The predicted molar refractivity (Wildman–Crippen MR) is 118 cm³/mol. The Morgan fingerprint density at radius 3 is 2.90 bits per heavy atom. The number of benzene rings is 1. The molecule has 3 rings (SSSR count). The Kier molecular flexibility index (Phi) is 6.99. The van der Waals surface area contributed by atoms with Crippen molar-refractivity contribution in [1.29, 1.82) is 0 Å². The molecule has 2 heterocycles. The van der Waals surface area contributed by atoms with Crippen molar-refractivity contribution in [2.45, 2.75) is 13.5 Å². The number of carbonyl (C=O) groups is 1. The van der Waals surface area contributed by atoms with Gasteiger partial charge in [0.25, 0.3) is 0 Å². The van der Waals surface area contributed by atoms with E-state index in [1.165, 1.54) is 12.3 Å². The van der Waals surface area contributed by atoms with Crippen molar-refractivity contribution < 1.29 is 9.53 Å². The van der Waals surface area contributed by atoms with E-state index in [2.05, 4.69) is 37.6 Å². The van der Waals surface area contributed by atoms with Crippen LogP contribution in [0.3, 0.4) is 0 Å². The highest BCUT2D eigenvalue weighted by Crippen LogP contribution is 2.26. The highest BCUT2D eigenvalue weighted by atomic mass is 35.5. The number of aryl methyl sites for hydroxylation is 1. The first-order valence-corrected chi connectivity index (χ1v) is 9.49. The van der Waals surface area contributed by atoms with Gasteiger partial charge in [-0.1, -0.05) is 24.2 Å². The normalized spacial score (nSPS) is 10.5. The summed E-state index contributed by atoms with van der Waals surface area (Å²) in [7, 11) is 1.65. The third-order valence-electron chi connectivity index (χ3n) is 4.04. The minimum Gasteiger partial charge on any atom is -0.383 e. The van der Waals surface area contributed by atoms with Crippen LogP contribution >= 0.6 is 11.6 Å². The lowest BCUT2D eigenvalue weighted by Crippen LogP contribution is -2.07. The Bertz CT molecular complexity index is 1050. The van der Waals surface area contributed by atoms with Gasteiger partial charge in [0.2, 0.25) is 11.9 Å². The smallest absolute Gasteiger partial charge is 0.247 e. The second kappa shape index (κ2) is 9.86. The van der Waals surface area contributed by atoms with E-state index in [9.17, 15) is 4.79 Å². The fraction of sp³-hybridized carbons (Fsp3) is 0.200. The lowest BCUT2D eigenvalue weighted by atomic mass is 10.2. The van der Waals surface area contributed by atoms with Crippen molar-refractivity contribution in [1.82, 2.24) is 19.7 Å². The molecule has 1 amide bonds. The van der Waals surface area contributed by atoms with Crippen LogP contribution in [0, 0.1) is 6.92 Å². The minimum atomic E-state index is -0.292. The number of nitrogens with one attached hydrogen (secondary N) is 3. The van der Waals surface area contributed by atoms with Gasteiger partial charge in [0.05, 0.1) is 30.7 Å². The monoisotopic (exact) mass is 427 g/mol. The Morgan fingerprint density at radius 2 is 2.13 bits per heavy atom. The van der Waals surface area contributed by atoms with E-state index in [4.69, 9.17) is 16.3 Å². The topological polar surface area (TPSA) is 106 Å². The van der Waals surface area contributed by atoms with Crippen LogP contribution < -0.4 is 16.0 Å². The Morgan fingerprint density at radius 1 is 1.33 bits per heavy atom. The first-order chi connectivity index (χ1) is 14.5. The number of hydrogen-bond acceptors (Lipinski definition) is 7. The summed E-state index contributed by atoms with van der Waals surface area (Å²) in [6.45, 7) is 6.55. The number of anilines is 5. The quantitative estimate of drug-likeness (QED) is 0.445. The maximum Gasteiger partial charge on any atom is 0.247 e. The molecule has 10 heteroatoms. The van der Waals surface area contributed by atoms with Crippen LogP contribution in [0.1, 0.15) is 5.69 Å². The molecule has 1 aromatic carbocycles. The maximum absolute atomic E-state index is 11.5. The van der Waals surface area contributed by atoms with E-state index in [-0.39, 0.29) is 5.91 Å². The van der Waals surface area contributed by atoms with Gasteiger partial charge in [0, 0.05) is 24.7 Å². The van der Waals surface area contributed by atoms with Gasteiger partial charge in [-0.25, -0.2) is 4.98 Å². The van der Waals surface area contributed by atoms with Crippen molar-refractivity contribution in [3.05, 3.63) is 60.0 Å². The van der Waals surface area contributed by atoms with Crippen molar-refractivity contribution >= 4 is 46.3 Å². The van der Waals surface area contributed by atoms with Crippen molar-refractivity contribution in [3.8, 4) is 0 Å². The average Bonchev–Trinajstić information content (AvgIpc) is 3.08. The summed E-state index contributed by atoms with van der Waals surface area (Å²) in [5.41, 5.74) is 2.91. The van der Waals surface area contributed by atoms with E-state index in [1.807, 2.05) is 19.2 Å². The molecule has 0 fully saturated rings. The van der Waals surface area contributed by atoms with Gasteiger partial charge >= 0.3 is 0 Å². The van der Waals surface area contributed by atoms with Crippen molar-refractivity contribution in [2.75, 3.05) is 29.7 Å². The molecule has 3 N–H and O–H groups in total. The van der Waals surface area contributed by atoms with Gasteiger partial charge in [-0.2, -0.15) is 10.1 Å². The van der Waals surface area contributed by atoms with E-state index in [1.54, 1.807) is 30.0 Å². The van der Waals surface area contributed by atoms with Crippen LogP contribution in [0.5, 0.6) is 0 Å². The van der Waals surface area contributed by atoms with E-state index < -0.39 is 0 Å². The second-order valence-corrected chi connectivity index (χ2v) is 6.71. The molecule has 0 saturated heterocycles. The summed E-state index contributed by atoms with van der Waals surface area (Å²) in [5.74, 6) is 0.498. The van der Waals surface area contributed by atoms with Crippen molar-refractivity contribution in [3.63, 3.8) is 0 Å². The number of amides is 1. The van der Waals surface area contributed by atoms with Crippen LogP contribution in [0.15, 0.2) is 49.3 Å². The second-order valence-electron chi connectivity index (χ2n) is 6.30. The molecule has 0 aliphatic rings. The molecule has 2 aromatic heterocycles. The third-order valence-corrected chi connectivity index (χ3v) is 4.32. The summed E-state index contributed by atoms with van der Waals surface area (Å²) < 4.78 is 6.87. The summed E-state index contributed by atoms with van der Waals surface area (Å²) in [4.78, 5) is 20.2. The van der Waals surface area contributed by atoms with Crippen LogP contribution in [0.25, 0.3) is 0 Å². The molecule has 0 radical (unpaired) electrons. The molecular formula is C20H22ClN7O2. The molecule has 0 aliphatic heterocycles. The first-order valence-electron chi connectivity index (χ1n) is 9.11. The van der Waals surface area contributed by atoms with Gasteiger partial charge in [0.15, 0.2) is 5.82 Å². The SMILES string of the molecule is C=CC(=O)Nc1cccc(Nc2nc(Nc3cn(CCOC)nc3C)ncc2Cl)c1. The van der Waals surface area contributed by atoms with Gasteiger partial charge < -0.3 is 20.7 Å². The molecule has 0 unspecified atom stereocenters. The zero-order chi connectivity index (χ0) is 21.5. The van der Waals surface area contributed by atoms with Crippen LogP contribution in [0.4, 0.5) is 28.8 Å². The number of aromatic nitrogens is 4. The van der Waals surface area contributed by atoms with Gasteiger partial charge in [0.1, 0.15) is 5.02 Å². The number of nitrogens with zero attached hydrogens (tertiary/aromatic N) is 4. The molecule has 0 atom stereocenters.